The van der Waals surface area contributed by atoms with Crippen molar-refractivity contribution < 1.29 is 26.7 Å². The zero-order valence-corrected chi connectivity index (χ0v) is 6.37. The van der Waals surface area contributed by atoms with Crippen LogP contribution in [-0.4, -0.2) is 31.7 Å². The molecule has 1 nitrogen and oxygen atoms in total. The Kier molecular flexibility index (Phi) is 4.44. The smallest absolute Gasteiger partial charge is 0.307 e. The van der Waals surface area contributed by atoms with Gasteiger partial charge in [-0.05, 0) is 6.92 Å². The zero-order valence-electron chi connectivity index (χ0n) is 6.37. The van der Waals surface area contributed by atoms with Crippen LogP contribution in [0.2, 0.25) is 0 Å². The van der Waals surface area contributed by atoms with Crippen LogP contribution < -0.4 is 0 Å². The van der Waals surface area contributed by atoms with Crippen LogP contribution in [0.25, 0.3) is 0 Å². The van der Waals surface area contributed by atoms with Crippen molar-refractivity contribution in [2.45, 2.75) is 25.4 Å². The predicted molar refractivity (Wildman–Crippen MR) is 32.3 cm³/mol. The fourth-order valence-corrected chi connectivity index (χ4v) is 0.635. The quantitative estimate of drug-likeness (QED) is 0.607. The summed E-state index contributed by atoms with van der Waals surface area (Å²) in [7, 11) is 0. The molecule has 0 spiro atoms. The first kappa shape index (κ1) is 11.6. The topological polar surface area (TPSA) is 9.23 Å². The third-order valence-corrected chi connectivity index (χ3v) is 1.17. The molecule has 0 aliphatic heterocycles. The first-order valence-corrected chi connectivity index (χ1v) is 3.29. The highest BCUT2D eigenvalue weighted by Crippen LogP contribution is 2.26. The molecule has 74 valence electrons. The van der Waals surface area contributed by atoms with Gasteiger partial charge in [-0.3, -0.25) is 0 Å². The van der Waals surface area contributed by atoms with Gasteiger partial charge in [-0.1, -0.05) is 0 Å². The molecule has 0 N–H and O–H groups in total. The van der Waals surface area contributed by atoms with Crippen LogP contribution in [0.1, 0.15) is 6.92 Å². The molecule has 0 saturated carbocycles. The lowest BCUT2D eigenvalue weighted by molar-refractivity contribution is -0.192. The number of halogens is 5. The summed E-state index contributed by atoms with van der Waals surface area (Å²) in [6.45, 7) is -1.16. The van der Waals surface area contributed by atoms with Gasteiger partial charge in [-0.2, -0.15) is 0 Å². The number of hydrogen-bond donors (Lipinski definition) is 0. The van der Waals surface area contributed by atoms with Crippen molar-refractivity contribution in [2.75, 3.05) is 13.3 Å². The molecule has 0 aliphatic carbocycles. The second-order valence-electron chi connectivity index (χ2n) is 2.11. The van der Waals surface area contributed by atoms with Gasteiger partial charge in [0.2, 0.25) is 0 Å². The van der Waals surface area contributed by atoms with Crippen molar-refractivity contribution in [2.24, 2.45) is 0 Å². The highest BCUT2D eigenvalue weighted by atomic mass is 19.3. The molecule has 0 saturated heterocycles. The average molecular weight is 192 g/mol. The minimum atomic E-state index is -4.11. The Morgan fingerprint density at radius 1 is 1.33 bits per heavy atom. The Balaban J connectivity index is 4.27. The van der Waals surface area contributed by atoms with E-state index in [-0.39, 0.29) is 6.61 Å². The third kappa shape index (κ3) is 2.92. The molecule has 1 unspecified atom stereocenters. The Hall–Kier alpha value is -0.390. The van der Waals surface area contributed by atoms with Crippen molar-refractivity contribution in [3.8, 4) is 0 Å². The fraction of sp³-hybridized carbons (Fsp3) is 1.00. The molecule has 0 aromatic carbocycles. The van der Waals surface area contributed by atoms with Gasteiger partial charge in [-0.25, -0.2) is 22.0 Å². The summed E-state index contributed by atoms with van der Waals surface area (Å²) < 4.78 is 63.7. The summed E-state index contributed by atoms with van der Waals surface area (Å²) in [6.07, 6.45) is -6.02. The Labute approximate surface area is 66.5 Å². The van der Waals surface area contributed by atoms with Crippen LogP contribution in [0.15, 0.2) is 0 Å². The molecule has 0 fully saturated rings. The zero-order chi connectivity index (χ0) is 9.78. The standard InChI is InChI=1S/C6H9F5O/c1-2-12-4(5(8)9)6(10,11)3-7/h4-5H,2-3H2,1H3. The summed E-state index contributed by atoms with van der Waals surface area (Å²) in [5.74, 6) is -4.11. The van der Waals surface area contributed by atoms with Gasteiger partial charge in [0.1, 0.15) is 0 Å². The second-order valence-corrected chi connectivity index (χ2v) is 2.11. The number of hydrogen-bond acceptors (Lipinski definition) is 1. The van der Waals surface area contributed by atoms with Gasteiger partial charge in [0.25, 0.3) is 6.43 Å². The average Bonchev–Trinajstić information content (AvgIpc) is 1.99. The molecule has 0 rings (SSSR count). The van der Waals surface area contributed by atoms with Crippen molar-refractivity contribution in [1.29, 1.82) is 0 Å². The van der Waals surface area contributed by atoms with Gasteiger partial charge in [0, 0.05) is 6.61 Å². The fourth-order valence-electron chi connectivity index (χ4n) is 0.635. The Morgan fingerprint density at radius 2 is 1.83 bits per heavy atom. The van der Waals surface area contributed by atoms with Gasteiger partial charge in [0.05, 0.1) is 0 Å². The third-order valence-electron chi connectivity index (χ3n) is 1.17. The highest BCUT2D eigenvalue weighted by Gasteiger charge is 2.46. The van der Waals surface area contributed by atoms with E-state index in [1.54, 1.807) is 0 Å². The lowest BCUT2D eigenvalue weighted by atomic mass is 10.2. The van der Waals surface area contributed by atoms with Gasteiger partial charge >= 0.3 is 5.92 Å². The highest BCUT2D eigenvalue weighted by molar-refractivity contribution is 4.79. The van der Waals surface area contributed by atoms with Crippen LogP contribution in [0.5, 0.6) is 0 Å². The van der Waals surface area contributed by atoms with Crippen molar-refractivity contribution >= 4 is 0 Å². The van der Waals surface area contributed by atoms with E-state index < -0.39 is 25.1 Å². The van der Waals surface area contributed by atoms with E-state index in [1.807, 2.05) is 0 Å². The van der Waals surface area contributed by atoms with Gasteiger partial charge < -0.3 is 4.74 Å². The van der Waals surface area contributed by atoms with Crippen molar-refractivity contribution in [3.63, 3.8) is 0 Å². The van der Waals surface area contributed by atoms with Crippen LogP contribution >= 0.6 is 0 Å². The Bertz CT molecular complexity index is 127. The van der Waals surface area contributed by atoms with Crippen LogP contribution in [-0.2, 0) is 4.74 Å². The van der Waals surface area contributed by atoms with Gasteiger partial charge in [0.15, 0.2) is 12.8 Å². The molecule has 0 aromatic heterocycles. The molecule has 0 aromatic rings. The van der Waals surface area contributed by atoms with Crippen molar-refractivity contribution in [1.82, 2.24) is 0 Å². The van der Waals surface area contributed by atoms with E-state index in [0.717, 1.165) is 0 Å². The lowest BCUT2D eigenvalue weighted by Gasteiger charge is -2.23. The lowest BCUT2D eigenvalue weighted by Crippen LogP contribution is -2.43. The van der Waals surface area contributed by atoms with Gasteiger partial charge in [-0.15, -0.1) is 0 Å². The molecule has 6 heteroatoms. The first-order valence-electron chi connectivity index (χ1n) is 3.29. The minimum absolute atomic E-state index is 0.301. The van der Waals surface area contributed by atoms with Crippen LogP contribution in [0.3, 0.4) is 0 Å². The van der Waals surface area contributed by atoms with E-state index in [4.69, 9.17) is 0 Å². The summed E-state index contributed by atoms with van der Waals surface area (Å²) in [4.78, 5) is 0. The minimum Gasteiger partial charge on any atom is -0.366 e. The number of rotatable bonds is 5. The van der Waals surface area contributed by atoms with E-state index >= 15 is 0 Å². The summed E-state index contributed by atoms with van der Waals surface area (Å²) in [6, 6.07) is 0. The number of ether oxygens (including phenoxy) is 1. The molecular weight excluding hydrogens is 183 g/mol. The van der Waals surface area contributed by atoms with E-state index in [2.05, 4.69) is 4.74 Å². The maximum atomic E-state index is 12.3. The summed E-state index contributed by atoms with van der Waals surface area (Å²) in [5, 5.41) is 0. The summed E-state index contributed by atoms with van der Waals surface area (Å²) >= 11 is 0. The molecular formula is C6H9F5O. The van der Waals surface area contributed by atoms with E-state index in [9.17, 15) is 22.0 Å². The molecule has 12 heavy (non-hydrogen) atoms. The monoisotopic (exact) mass is 192 g/mol. The second kappa shape index (κ2) is 4.59. The summed E-state index contributed by atoms with van der Waals surface area (Å²) in [5.41, 5.74) is 0. The maximum absolute atomic E-state index is 12.3. The molecule has 0 amide bonds. The maximum Gasteiger partial charge on any atom is 0.307 e. The van der Waals surface area contributed by atoms with Crippen LogP contribution in [0, 0.1) is 0 Å². The Morgan fingerprint density at radius 3 is 2.08 bits per heavy atom. The van der Waals surface area contributed by atoms with Crippen molar-refractivity contribution in [3.05, 3.63) is 0 Å². The van der Waals surface area contributed by atoms with E-state index in [1.165, 1.54) is 6.92 Å². The normalized spacial score (nSPS) is 15.2. The number of alkyl halides is 5. The largest absolute Gasteiger partial charge is 0.366 e. The predicted octanol–water partition coefficient (Wildman–Crippen LogP) is 2.26. The molecule has 0 bridgehead atoms. The SMILES string of the molecule is CCOC(C(F)F)C(F)(F)CF. The van der Waals surface area contributed by atoms with Crippen LogP contribution in [0.4, 0.5) is 22.0 Å². The molecule has 0 radical (unpaired) electrons. The molecule has 1 atom stereocenters. The molecule has 0 aliphatic rings. The molecule has 0 heterocycles. The first-order chi connectivity index (χ1) is 5.45. The van der Waals surface area contributed by atoms with E-state index in [0.29, 0.717) is 0 Å².